The molecule has 1 aliphatic rings. The van der Waals surface area contributed by atoms with Crippen molar-refractivity contribution in [1.82, 2.24) is 24.6 Å². The Hall–Kier alpha value is -2.75. The van der Waals surface area contributed by atoms with Gasteiger partial charge in [0.25, 0.3) is 0 Å². The van der Waals surface area contributed by atoms with E-state index in [0.29, 0.717) is 31.4 Å². The minimum Gasteiger partial charge on any atom is -0.383 e. The van der Waals surface area contributed by atoms with Crippen molar-refractivity contribution in [2.45, 2.75) is 37.5 Å². The fraction of sp³-hybridized carbons (Fsp3) is 0.423. The van der Waals surface area contributed by atoms with Crippen molar-refractivity contribution in [3.05, 3.63) is 71.8 Å². The van der Waals surface area contributed by atoms with Crippen LogP contribution in [0.2, 0.25) is 0 Å². The number of halogens is 1. The molecule has 0 saturated carbocycles. The average Bonchev–Trinajstić information content (AvgIpc) is 3.29. The van der Waals surface area contributed by atoms with E-state index in [1.54, 1.807) is 24.1 Å². The second kappa shape index (κ2) is 12.8. The van der Waals surface area contributed by atoms with Crippen molar-refractivity contribution in [1.29, 1.82) is 0 Å². The Bertz CT molecular complexity index is 1070. The van der Waals surface area contributed by atoms with Crippen molar-refractivity contribution in [3.8, 4) is 5.69 Å². The first-order valence-corrected chi connectivity index (χ1v) is 13.0. The van der Waals surface area contributed by atoms with Gasteiger partial charge in [0, 0.05) is 25.9 Å². The quantitative estimate of drug-likeness (QED) is 0.371. The number of aromatic nitrogens is 3. The number of amides is 1. The third kappa shape index (κ3) is 7.13. The van der Waals surface area contributed by atoms with Crippen molar-refractivity contribution >= 4 is 17.7 Å². The van der Waals surface area contributed by atoms with Gasteiger partial charge in [-0.2, -0.15) is 0 Å². The molecule has 3 aromatic rings. The molecule has 1 aromatic heterocycles. The molecule has 4 rings (SSSR count). The van der Waals surface area contributed by atoms with Gasteiger partial charge in [-0.05, 0) is 55.8 Å². The van der Waals surface area contributed by atoms with E-state index in [0.717, 1.165) is 30.2 Å². The Morgan fingerprint density at radius 3 is 2.51 bits per heavy atom. The summed E-state index contributed by atoms with van der Waals surface area (Å²) in [6.45, 7) is 4.24. The van der Waals surface area contributed by atoms with E-state index in [9.17, 15) is 9.18 Å². The number of methoxy groups -OCH3 is 1. The minimum atomic E-state index is -0.293. The fourth-order valence-corrected chi connectivity index (χ4v) is 5.05. The van der Waals surface area contributed by atoms with Gasteiger partial charge in [-0.1, -0.05) is 48.5 Å². The molecule has 0 spiro atoms. The Balaban J connectivity index is 1.50. The topological polar surface area (TPSA) is 63.5 Å². The number of benzene rings is 2. The molecule has 0 unspecified atom stereocenters. The van der Waals surface area contributed by atoms with E-state index in [4.69, 9.17) is 4.74 Å². The molecular formula is C26H32FN5O2S. The first kappa shape index (κ1) is 25.3. The zero-order chi connectivity index (χ0) is 24.5. The largest absolute Gasteiger partial charge is 0.383 e. The van der Waals surface area contributed by atoms with Crippen LogP contribution in [0.25, 0.3) is 5.69 Å². The molecule has 2 aromatic carbocycles. The number of thioether (sulfide) groups is 1. The summed E-state index contributed by atoms with van der Waals surface area (Å²) in [5.41, 5.74) is 1.86. The molecule has 0 N–H and O–H groups in total. The SMILES string of the molecule is COCCN(Cc1ccccc1)C(=O)CSc1nnc(CN2CCCCC2)n1-c1ccc(F)cc1. The zero-order valence-corrected chi connectivity index (χ0v) is 20.9. The summed E-state index contributed by atoms with van der Waals surface area (Å²) in [5.74, 6) is 0.731. The lowest BCUT2D eigenvalue weighted by Crippen LogP contribution is -2.34. The maximum atomic E-state index is 13.6. The van der Waals surface area contributed by atoms with Gasteiger partial charge in [0.05, 0.1) is 18.9 Å². The predicted octanol–water partition coefficient (Wildman–Crippen LogP) is 4.16. The minimum absolute atomic E-state index is 0.00198. The Kier molecular flexibility index (Phi) is 9.28. The summed E-state index contributed by atoms with van der Waals surface area (Å²) >= 11 is 1.35. The second-order valence-electron chi connectivity index (χ2n) is 8.63. The molecule has 186 valence electrons. The average molecular weight is 498 g/mol. The third-order valence-electron chi connectivity index (χ3n) is 6.06. The van der Waals surface area contributed by atoms with Crippen LogP contribution in [0.15, 0.2) is 59.8 Å². The number of rotatable bonds is 11. The lowest BCUT2D eigenvalue weighted by Gasteiger charge is -2.26. The predicted molar refractivity (Wildman–Crippen MR) is 135 cm³/mol. The number of hydrogen-bond donors (Lipinski definition) is 0. The van der Waals surface area contributed by atoms with Gasteiger partial charge >= 0.3 is 0 Å². The summed E-state index contributed by atoms with van der Waals surface area (Å²) < 4.78 is 20.8. The molecule has 1 fully saturated rings. The van der Waals surface area contributed by atoms with Crippen LogP contribution in [0.4, 0.5) is 4.39 Å². The smallest absolute Gasteiger partial charge is 0.233 e. The maximum absolute atomic E-state index is 13.6. The van der Waals surface area contributed by atoms with Gasteiger partial charge in [-0.15, -0.1) is 10.2 Å². The monoisotopic (exact) mass is 497 g/mol. The number of carbonyl (C=O) groups excluding carboxylic acids is 1. The van der Waals surface area contributed by atoms with E-state index < -0.39 is 0 Å². The first-order valence-electron chi connectivity index (χ1n) is 12.0. The molecule has 2 heterocycles. The lowest BCUT2D eigenvalue weighted by atomic mass is 10.1. The molecule has 0 aliphatic carbocycles. The zero-order valence-electron chi connectivity index (χ0n) is 20.1. The highest BCUT2D eigenvalue weighted by Crippen LogP contribution is 2.24. The number of hydrogen-bond acceptors (Lipinski definition) is 6. The molecule has 1 saturated heterocycles. The molecule has 1 amide bonds. The molecule has 0 radical (unpaired) electrons. The van der Waals surface area contributed by atoms with E-state index in [-0.39, 0.29) is 17.5 Å². The van der Waals surface area contributed by atoms with Crippen LogP contribution in [-0.4, -0.2) is 69.6 Å². The van der Waals surface area contributed by atoms with E-state index in [1.807, 2.05) is 34.9 Å². The summed E-state index contributed by atoms with van der Waals surface area (Å²) in [7, 11) is 1.63. The third-order valence-corrected chi connectivity index (χ3v) is 6.97. The fourth-order valence-electron chi connectivity index (χ4n) is 4.18. The van der Waals surface area contributed by atoms with E-state index in [2.05, 4.69) is 15.1 Å². The normalized spacial score (nSPS) is 14.2. The van der Waals surface area contributed by atoms with Crippen molar-refractivity contribution in [2.24, 2.45) is 0 Å². The van der Waals surface area contributed by atoms with Gasteiger partial charge in [0.1, 0.15) is 5.82 Å². The second-order valence-corrected chi connectivity index (χ2v) is 9.57. The molecule has 1 aliphatic heterocycles. The Morgan fingerprint density at radius 1 is 1.06 bits per heavy atom. The van der Waals surface area contributed by atoms with Crippen LogP contribution in [0, 0.1) is 5.82 Å². The number of nitrogens with zero attached hydrogens (tertiary/aromatic N) is 5. The van der Waals surface area contributed by atoms with Gasteiger partial charge in [-0.25, -0.2) is 4.39 Å². The summed E-state index contributed by atoms with van der Waals surface area (Å²) in [4.78, 5) is 17.4. The Morgan fingerprint density at radius 2 is 1.80 bits per heavy atom. The first-order chi connectivity index (χ1) is 17.1. The highest BCUT2D eigenvalue weighted by molar-refractivity contribution is 7.99. The van der Waals surface area contributed by atoms with Crippen molar-refractivity contribution < 1.29 is 13.9 Å². The van der Waals surface area contributed by atoms with Crippen LogP contribution >= 0.6 is 11.8 Å². The number of carbonyl (C=O) groups is 1. The molecule has 0 bridgehead atoms. The molecule has 0 atom stereocenters. The van der Waals surface area contributed by atoms with Crippen LogP contribution in [0.3, 0.4) is 0 Å². The molecule has 9 heteroatoms. The van der Waals surface area contributed by atoms with Crippen molar-refractivity contribution in [3.63, 3.8) is 0 Å². The highest BCUT2D eigenvalue weighted by Gasteiger charge is 2.21. The van der Waals surface area contributed by atoms with Crippen LogP contribution < -0.4 is 0 Å². The molecular weight excluding hydrogens is 465 g/mol. The van der Waals surface area contributed by atoms with Crippen LogP contribution in [0.5, 0.6) is 0 Å². The summed E-state index contributed by atoms with van der Waals surface area (Å²) in [6, 6.07) is 16.3. The lowest BCUT2D eigenvalue weighted by molar-refractivity contribution is -0.129. The number of ether oxygens (including phenoxy) is 1. The summed E-state index contributed by atoms with van der Waals surface area (Å²) in [5, 5.41) is 9.51. The van der Waals surface area contributed by atoms with Gasteiger partial charge in [-0.3, -0.25) is 14.3 Å². The van der Waals surface area contributed by atoms with E-state index in [1.165, 1.54) is 43.2 Å². The van der Waals surface area contributed by atoms with Crippen molar-refractivity contribution in [2.75, 3.05) is 39.1 Å². The maximum Gasteiger partial charge on any atom is 0.233 e. The van der Waals surface area contributed by atoms with Gasteiger partial charge in [0.2, 0.25) is 5.91 Å². The van der Waals surface area contributed by atoms with E-state index >= 15 is 0 Å². The highest BCUT2D eigenvalue weighted by atomic mass is 32.2. The number of piperidine rings is 1. The van der Waals surface area contributed by atoms with Crippen LogP contribution in [0.1, 0.15) is 30.7 Å². The number of likely N-dealkylation sites (tertiary alicyclic amines) is 1. The van der Waals surface area contributed by atoms with Crippen LogP contribution in [-0.2, 0) is 22.6 Å². The summed E-state index contributed by atoms with van der Waals surface area (Å²) in [6.07, 6.45) is 3.62. The molecule has 7 nitrogen and oxygen atoms in total. The standard InChI is InChI=1S/C26H32FN5O2S/c1-34-17-16-31(18-21-8-4-2-5-9-21)25(33)20-35-26-29-28-24(19-30-14-6-3-7-15-30)32(26)23-12-10-22(27)11-13-23/h2,4-5,8-13H,3,6-7,14-20H2,1H3. The van der Waals surface area contributed by atoms with Gasteiger partial charge < -0.3 is 9.64 Å². The molecule has 35 heavy (non-hydrogen) atoms. The Labute approximate surface area is 210 Å². The van der Waals surface area contributed by atoms with Gasteiger partial charge in [0.15, 0.2) is 11.0 Å².